The number of anilines is 1. The number of ether oxygens (including phenoxy) is 2. The summed E-state index contributed by atoms with van der Waals surface area (Å²) in [7, 11) is 1.31. The molecule has 0 saturated heterocycles. The number of carbonyl (C=O) groups is 1. The maximum Gasteiger partial charge on any atom is 0.339 e. The third-order valence-corrected chi connectivity index (χ3v) is 4.94. The van der Waals surface area contributed by atoms with Gasteiger partial charge in [-0.1, -0.05) is 30.3 Å². The second-order valence-corrected chi connectivity index (χ2v) is 7.29. The van der Waals surface area contributed by atoms with Crippen molar-refractivity contribution in [2.24, 2.45) is 0 Å². The number of hydrogen-bond acceptors (Lipinski definition) is 6. The number of nitrogens with one attached hydrogen (secondary N) is 1. The first-order valence-electron chi connectivity index (χ1n) is 8.99. The lowest BCUT2D eigenvalue weighted by Crippen LogP contribution is -2.52. The molecule has 0 aromatic heterocycles. The third-order valence-electron chi connectivity index (χ3n) is 4.94. The molecule has 3 rings (SSSR count). The number of rotatable bonds is 5. The molecule has 6 nitrogen and oxygen atoms in total. The molecule has 1 heterocycles. The second-order valence-electron chi connectivity index (χ2n) is 7.29. The Labute approximate surface area is 159 Å². The molecule has 0 amide bonds. The Balaban J connectivity index is 1.89. The summed E-state index contributed by atoms with van der Waals surface area (Å²) in [5, 5.41) is 14.3. The van der Waals surface area contributed by atoms with Crippen molar-refractivity contribution < 1.29 is 19.4 Å². The molecule has 1 aliphatic rings. The van der Waals surface area contributed by atoms with E-state index in [1.807, 2.05) is 32.0 Å². The van der Waals surface area contributed by atoms with E-state index in [-0.39, 0.29) is 11.3 Å². The fourth-order valence-corrected chi connectivity index (χ4v) is 3.38. The summed E-state index contributed by atoms with van der Waals surface area (Å²) in [5.41, 5.74) is 7.67. The largest absolute Gasteiger partial charge is 0.485 e. The lowest BCUT2D eigenvalue weighted by molar-refractivity contribution is -0.0643. The smallest absolute Gasteiger partial charge is 0.339 e. The van der Waals surface area contributed by atoms with Gasteiger partial charge in [0.25, 0.3) is 0 Å². The molecular formula is C21H26N2O4. The van der Waals surface area contributed by atoms with Crippen LogP contribution < -0.4 is 15.8 Å². The van der Waals surface area contributed by atoms with Crippen LogP contribution in [0.5, 0.6) is 5.75 Å². The normalized spacial score (nSPS) is 20.4. The highest BCUT2D eigenvalue weighted by atomic mass is 16.5. The molecule has 0 saturated carbocycles. The molecule has 2 unspecified atom stereocenters. The van der Waals surface area contributed by atoms with Crippen LogP contribution in [0.4, 0.5) is 5.69 Å². The Morgan fingerprint density at radius 2 is 2.00 bits per heavy atom. The molecule has 0 radical (unpaired) electrons. The van der Waals surface area contributed by atoms with Crippen molar-refractivity contribution in [1.82, 2.24) is 5.32 Å². The van der Waals surface area contributed by atoms with Crippen molar-refractivity contribution >= 4 is 11.7 Å². The number of aliphatic hydroxyl groups is 1. The molecule has 0 bridgehead atoms. The predicted molar refractivity (Wildman–Crippen MR) is 104 cm³/mol. The van der Waals surface area contributed by atoms with Gasteiger partial charge in [-0.2, -0.15) is 0 Å². The van der Waals surface area contributed by atoms with Crippen LogP contribution in [0.25, 0.3) is 0 Å². The van der Waals surface area contributed by atoms with Gasteiger partial charge in [-0.3, -0.25) is 0 Å². The highest BCUT2D eigenvalue weighted by molar-refractivity contribution is 5.95. The zero-order valence-electron chi connectivity index (χ0n) is 15.9. The second kappa shape index (κ2) is 7.58. The van der Waals surface area contributed by atoms with Crippen molar-refractivity contribution in [3.8, 4) is 5.75 Å². The minimum absolute atomic E-state index is 0.265. The number of aliphatic hydroxyl groups excluding tert-OH is 1. The van der Waals surface area contributed by atoms with Gasteiger partial charge in [0.05, 0.1) is 18.7 Å². The minimum atomic E-state index is -0.796. The summed E-state index contributed by atoms with van der Waals surface area (Å²) in [6.07, 6.45) is 0.0226. The number of methoxy groups -OCH3 is 1. The van der Waals surface area contributed by atoms with E-state index in [4.69, 9.17) is 15.2 Å². The van der Waals surface area contributed by atoms with Gasteiger partial charge in [-0.05, 0) is 38.4 Å². The number of nitrogen functional groups attached to an aromatic ring is 1. The molecule has 144 valence electrons. The van der Waals surface area contributed by atoms with Gasteiger partial charge in [-0.25, -0.2) is 4.79 Å². The van der Waals surface area contributed by atoms with E-state index < -0.39 is 23.7 Å². The van der Waals surface area contributed by atoms with Gasteiger partial charge in [0, 0.05) is 17.3 Å². The average molecular weight is 370 g/mol. The quantitative estimate of drug-likeness (QED) is 0.553. The van der Waals surface area contributed by atoms with Gasteiger partial charge in [0.15, 0.2) is 0 Å². The van der Waals surface area contributed by atoms with Crippen molar-refractivity contribution in [2.45, 2.75) is 38.0 Å². The van der Waals surface area contributed by atoms with Crippen molar-refractivity contribution in [2.75, 3.05) is 19.4 Å². The van der Waals surface area contributed by atoms with E-state index in [0.29, 0.717) is 17.9 Å². The predicted octanol–water partition coefficient (Wildman–Crippen LogP) is 2.46. The summed E-state index contributed by atoms with van der Waals surface area (Å²) >= 11 is 0. The summed E-state index contributed by atoms with van der Waals surface area (Å²) in [6, 6.07) is 13.0. The fourth-order valence-electron chi connectivity index (χ4n) is 3.38. The summed E-state index contributed by atoms with van der Waals surface area (Å²) in [4.78, 5) is 12.0. The van der Waals surface area contributed by atoms with Crippen LogP contribution in [0.3, 0.4) is 0 Å². The highest BCUT2D eigenvalue weighted by Crippen LogP contribution is 2.42. The lowest BCUT2D eigenvalue weighted by Gasteiger charge is -2.42. The van der Waals surface area contributed by atoms with E-state index in [2.05, 4.69) is 17.4 Å². The summed E-state index contributed by atoms with van der Waals surface area (Å²) in [6.45, 7) is 4.33. The molecular weight excluding hydrogens is 344 g/mol. The molecule has 0 fully saturated rings. The van der Waals surface area contributed by atoms with Gasteiger partial charge in [-0.15, -0.1) is 0 Å². The summed E-state index contributed by atoms with van der Waals surface area (Å²) in [5.74, 6) is 0.0466. The van der Waals surface area contributed by atoms with Gasteiger partial charge in [0.1, 0.15) is 17.5 Å². The number of hydrogen-bond donors (Lipinski definition) is 3. The summed E-state index contributed by atoms with van der Waals surface area (Å²) < 4.78 is 10.8. The molecule has 2 atom stereocenters. The maximum atomic E-state index is 12.0. The number of nitrogens with two attached hydrogens (primary N) is 1. The maximum absolute atomic E-state index is 12.0. The van der Waals surface area contributed by atoms with Crippen LogP contribution in [-0.2, 0) is 11.2 Å². The Hall–Kier alpha value is -2.57. The zero-order chi connectivity index (χ0) is 19.6. The first-order valence-corrected chi connectivity index (χ1v) is 8.99. The molecule has 0 spiro atoms. The van der Waals surface area contributed by atoms with E-state index in [0.717, 1.165) is 6.42 Å². The van der Waals surface area contributed by atoms with E-state index in [1.165, 1.54) is 12.7 Å². The van der Waals surface area contributed by atoms with E-state index in [9.17, 15) is 9.90 Å². The highest BCUT2D eigenvalue weighted by Gasteiger charge is 2.43. The number of benzene rings is 2. The van der Waals surface area contributed by atoms with Crippen LogP contribution in [0.1, 0.15) is 41.4 Å². The van der Waals surface area contributed by atoms with Crippen LogP contribution in [0, 0.1) is 0 Å². The van der Waals surface area contributed by atoms with Crippen LogP contribution in [0.15, 0.2) is 42.5 Å². The Morgan fingerprint density at radius 1 is 1.30 bits per heavy atom. The average Bonchev–Trinajstić information content (AvgIpc) is 2.64. The number of fused-ring (bicyclic) bond motifs is 1. The standard InChI is InChI=1S/C21H26N2O4/c1-21(2)19(24)18(23-10-9-13-7-5-4-6-8-13)15-11-14(20(25)26-3)16(22)12-17(15)27-21/h4-8,11-12,18-19,23-24H,9-10,22H2,1-3H3. The zero-order valence-corrected chi connectivity index (χ0v) is 15.9. The van der Waals surface area contributed by atoms with Crippen molar-refractivity contribution in [3.63, 3.8) is 0 Å². The van der Waals surface area contributed by atoms with Crippen LogP contribution in [0.2, 0.25) is 0 Å². The molecule has 27 heavy (non-hydrogen) atoms. The Bertz CT molecular complexity index is 820. The molecule has 0 aliphatic carbocycles. The Kier molecular flexibility index (Phi) is 5.39. The molecule has 2 aromatic carbocycles. The SMILES string of the molecule is COC(=O)c1cc2c(cc1N)OC(C)(C)C(O)C2NCCc1ccccc1. The van der Waals surface area contributed by atoms with E-state index in [1.54, 1.807) is 12.1 Å². The first kappa shape index (κ1) is 19.2. The lowest BCUT2D eigenvalue weighted by atomic mass is 9.85. The fraction of sp³-hybridized carbons (Fsp3) is 0.381. The van der Waals surface area contributed by atoms with E-state index >= 15 is 0 Å². The Morgan fingerprint density at radius 3 is 2.67 bits per heavy atom. The van der Waals surface area contributed by atoms with Crippen LogP contribution in [-0.4, -0.2) is 36.4 Å². The molecule has 6 heteroatoms. The number of carbonyl (C=O) groups excluding carboxylic acids is 1. The van der Waals surface area contributed by atoms with Crippen molar-refractivity contribution in [1.29, 1.82) is 0 Å². The van der Waals surface area contributed by atoms with Gasteiger partial charge >= 0.3 is 5.97 Å². The first-order chi connectivity index (χ1) is 12.8. The molecule has 2 aromatic rings. The van der Waals surface area contributed by atoms with Crippen molar-refractivity contribution in [3.05, 3.63) is 59.2 Å². The molecule has 4 N–H and O–H groups in total. The number of esters is 1. The van der Waals surface area contributed by atoms with Crippen LogP contribution >= 0.6 is 0 Å². The molecule has 1 aliphatic heterocycles. The minimum Gasteiger partial charge on any atom is -0.485 e. The van der Waals surface area contributed by atoms with Gasteiger partial charge in [0.2, 0.25) is 0 Å². The third kappa shape index (κ3) is 3.91. The topological polar surface area (TPSA) is 93.8 Å². The van der Waals surface area contributed by atoms with Gasteiger partial charge < -0.3 is 25.6 Å². The monoisotopic (exact) mass is 370 g/mol.